The molecule has 1 aliphatic carbocycles. The van der Waals surface area contributed by atoms with Crippen molar-refractivity contribution in [3.63, 3.8) is 0 Å². The smallest absolute Gasteiger partial charge is 0.217 e. The van der Waals surface area contributed by atoms with Gasteiger partial charge in [0.25, 0.3) is 0 Å². The number of fused-ring (bicyclic) bond motifs is 1. The Morgan fingerprint density at radius 3 is 2.69 bits per heavy atom. The molecule has 204 valence electrons. The van der Waals surface area contributed by atoms with E-state index >= 15 is 0 Å². The van der Waals surface area contributed by atoms with Crippen molar-refractivity contribution in [2.24, 2.45) is 7.05 Å². The van der Waals surface area contributed by atoms with E-state index in [1.165, 1.54) is 19.1 Å². The summed E-state index contributed by atoms with van der Waals surface area (Å²) in [7, 11) is 1.92. The summed E-state index contributed by atoms with van der Waals surface area (Å²) in [5, 5.41) is 26.5. The van der Waals surface area contributed by atoms with Gasteiger partial charge < -0.3 is 15.7 Å². The van der Waals surface area contributed by atoms with Crippen LogP contribution in [-0.4, -0.2) is 39.5 Å². The highest BCUT2D eigenvalue weighted by Crippen LogP contribution is 2.38. The number of amides is 1. The number of aromatic nitrogens is 2. The molecular weight excluding hydrogens is 518 g/mol. The van der Waals surface area contributed by atoms with Crippen LogP contribution in [0.5, 0.6) is 0 Å². The molecule has 1 aliphatic rings. The maximum atomic E-state index is 13.8. The molecule has 1 amide bonds. The van der Waals surface area contributed by atoms with E-state index in [9.17, 15) is 18.7 Å². The van der Waals surface area contributed by atoms with Crippen molar-refractivity contribution < 1.29 is 18.7 Å². The molecule has 3 unspecified atom stereocenters. The van der Waals surface area contributed by atoms with Crippen molar-refractivity contribution >= 4 is 17.2 Å². The zero-order valence-corrected chi connectivity index (χ0v) is 22.8. The Morgan fingerprint density at radius 2 is 1.97 bits per heavy atom. The van der Waals surface area contributed by atoms with Gasteiger partial charge in [-0.15, -0.1) is 0 Å². The first kappa shape index (κ1) is 27.2. The van der Waals surface area contributed by atoms with Gasteiger partial charge in [-0.1, -0.05) is 18.2 Å². The lowest BCUT2D eigenvalue weighted by molar-refractivity contribution is -0.120. The van der Waals surface area contributed by atoms with Crippen molar-refractivity contribution in [1.82, 2.24) is 20.4 Å². The Kier molecular flexibility index (Phi) is 7.93. The zero-order chi connectivity index (χ0) is 27.6. The molecule has 0 fully saturated rings. The fourth-order valence-corrected chi connectivity index (χ4v) is 6.25. The van der Waals surface area contributed by atoms with Crippen molar-refractivity contribution in [3.8, 4) is 11.1 Å². The lowest BCUT2D eigenvalue weighted by Gasteiger charge is -2.40. The molecule has 2 aromatic heterocycles. The van der Waals surface area contributed by atoms with Gasteiger partial charge >= 0.3 is 0 Å². The summed E-state index contributed by atoms with van der Waals surface area (Å²) in [5.41, 5.74) is 5.50. The molecule has 0 bridgehead atoms. The molecule has 0 saturated carbocycles. The van der Waals surface area contributed by atoms with Crippen LogP contribution < -0.4 is 10.6 Å². The van der Waals surface area contributed by atoms with E-state index in [-0.39, 0.29) is 18.9 Å². The molecule has 2 aromatic carbocycles. The van der Waals surface area contributed by atoms with E-state index in [4.69, 9.17) is 0 Å². The fraction of sp³-hybridized carbons (Fsp3) is 0.333. The first-order valence-corrected chi connectivity index (χ1v) is 13.9. The molecule has 2 heterocycles. The maximum absolute atomic E-state index is 13.8. The molecule has 39 heavy (non-hydrogen) atoms. The maximum Gasteiger partial charge on any atom is 0.217 e. The summed E-state index contributed by atoms with van der Waals surface area (Å²) < 4.78 is 29.5. The molecular formula is C30H32F2N4O2S. The first-order chi connectivity index (χ1) is 18.7. The molecule has 6 nitrogen and oxygen atoms in total. The minimum absolute atomic E-state index is 0.0878. The monoisotopic (exact) mass is 550 g/mol. The number of benzene rings is 2. The van der Waals surface area contributed by atoms with Gasteiger partial charge in [0.05, 0.1) is 17.8 Å². The van der Waals surface area contributed by atoms with E-state index < -0.39 is 29.3 Å². The van der Waals surface area contributed by atoms with E-state index in [1.807, 2.05) is 17.9 Å². The molecule has 0 aliphatic heterocycles. The predicted octanol–water partition coefficient (Wildman–Crippen LogP) is 4.51. The summed E-state index contributed by atoms with van der Waals surface area (Å²) in [6.45, 7) is 1.53. The highest BCUT2D eigenvalue weighted by Gasteiger charge is 2.38. The highest BCUT2D eigenvalue weighted by atomic mass is 32.1. The Bertz CT molecular complexity index is 1430. The van der Waals surface area contributed by atoms with Crippen LogP contribution >= 0.6 is 11.3 Å². The van der Waals surface area contributed by atoms with Crippen LogP contribution in [0.1, 0.15) is 35.7 Å². The van der Waals surface area contributed by atoms with Crippen LogP contribution in [0, 0.1) is 11.6 Å². The number of carbonyl (C=O) groups excluding carboxylic acids is 1. The summed E-state index contributed by atoms with van der Waals surface area (Å²) in [6.07, 6.45) is 3.37. The van der Waals surface area contributed by atoms with Crippen molar-refractivity contribution in [2.45, 2.75) is 50.3 Å². The van der Waals surface area contributed by atoms with Crippen molar-refractivity contribution in [3.05, 3.63) is 99.5 Å². The Hall–Kier alpha value is -3.40. The van der Waals surface area contributed by atoms with E-state index in [0.29, 0.717) is 12.0 Å². The van der Waals surface area contributed by atoms with E-state index in [0.717, 1.165) is 46.9 Å². The third-order valence-corrected chi connectivity index (χ3v) is 8.11. The number of aliphatic hydroxyl groups excluding tert-OH is 1. The number of nitrogens with one attached hydrogen (secondary N) is 2. The van der Waals surface area contributed by atoms with Gasteiger partial charge in [0.15, 0.2) is 0 Å². The van der Waals surface area contributed by atoms with Gasteiger partial charge in [0, 0.05) is 38.3 Å². The number of rotatable bonds is 9. The number of hydrogen-bond donors (Lipinski definition) is 3. The highest BCUT2D eigenvalue weighted by molar-refractivity contribution is 7.08. The second kappa shape index (κ2) is 11.4. The summed E-state index contributed by atoms with van der Waals surface area (Å²) in [4.78, 5) is 12.0. The van der Waals surface area contributed by atoms with Crippen LogP contribution in [0.15, 0.2) is 65.5 Å². The van der Waals surface area contributed by atoms with Gasteiger partial charge in [-0.2, -0.15) is 16.4 Å². The number of halogens is 2. The Balaban J connectivity index is 1.42. The number of nitrogens with zero attached hydrogens (tertiary/aromatic N) is 2. The molecule has 3 atom stereocenters. The SMILES string of the molecule is CC(=O)NC(Cc1cc(F)cc(F)c1)C(O)CNC1(c2cccc(-c3ccsc3)c2)CCc2nn(C)cc2C1. The van der Waals surface area contributed by atoms with Crippen molar-refractivity contribution in [2.75, 3.05) is 6.54 Å². The normalized spacial score (nSPS) is 18.4. The largest absolute Gasteiger partial charge is 0.390 e. The number of thiophene rings is 1. The third-order valence-electron chi connectivity index (χ3n) is 7.42. The van der Waals surface area contributed by atoms with Gasteiger partial charge in [0.2, 0.25) is 5.91 Å². The topological polar surface area (TPSA) is 79.2 Å². The second-order valence-corrected chi connectivity index (χ2v) is 11.1. The average Bonchev–Trinajstić information content (AvgIpc) is 3.55. The van der Waals surface area contributed by atoms with Crippen LogP contribution in [0.3, 0.4) is 0 Å². The fourth-order valence-electron chi connectivity index (χ4n) is 5.58. The Labute approximate surface area is 230 Å². The van der Waals surface area contributed by atoms with Crippen LogP contribution in [0.2, 0.25) is 0 Å². The second-order valence-electron chi connectivity index (χ2n) is 10.4. The van der Waals surface area contributed by atoms with Crippen molar-refractivity contribution in [1.29, 1.82) is 0 Å². The summed E-state index contributed by atoms with van der Waals surface area (Å²) in [6, 6.07) is 13.1. The van der Waals surface area contributed by atoms with Crippen LogP contribution in [0.25, 0.3) is 11.1 Å². The number of carbonyl (C=O) groups is 1. The summed E-state index contributed by atoms with van der Waals surface area (Å²) in [5.74, 6) is -1.72. The third kappa shape index (κ3) is 6.27. The van der Waals surface area contributed by atoms with Crippen LogP contribution in [-0.2, 0) is 36.6 Å². The van der Waals surface area contributed by atoms with Gasteiger partial charge in [-0.25, -0.2) is 8.78 Å². The molecule has 0 saturated heterocycles. The van der Waals surface area contributed by atoms with Crippen LogP contribution in [0.4, 0.5) is 8.78 Å². The summed E-state index contributed by atoms with van der Waals surface area (Å²) >= 11 is 1.65. The van der Waals surface area contributed by atoms with E-state index in [1.54, 1.807) is 11.3 Å². The average molecular weight is 551 g/mol. The molecule has 5 rings (SSSR count). The minimum atomic E-state index is -1.01. The molecule has 4 aromatic rings. The molecule has 3 N–H and O–H groups in total. The number of aliphatic hydroxyl groups is 1. The standard InChI is InChI=1S/C30H32F2N4O2S/c1-19(37)34-28(12-20-10-25(31)14-26(32)11-20)29(38)16-33-30(8-6-27-23(15-30)17-36(2)35-27)24-5-3-4-21(13-24)22-7-9-39-18-22/h3-5,7,9-11,13-14,17-18,28-29,33,38H,6,8,12,15-16H2,1-2H3,(H,34,37). The van der Waals surface area contributed by atoms with Gasteiger partial charge in [0.1, 0.15) is 11.6 Å². The quantitative estimate of drug-likeness (QED) is 0.287. The minimum Gasteiger partial charge on any atom is -0.390 e. The van der Waals surface area contributed by atoms with Gasteiger partial charge in [-0.05, 0) is 88.5 Å². The molecule has 9 heteroatoms. The lowest BCUT2D eigenvalue weighted by Crippen LogP contribution is -2.54. The molecule has 0 spiro atoms. The number of hydrogen-bond acceptors (Lipinski definition) is 5. The van der Waals surface area contributed by atoms with Gasteiger partial charge in [-0.3, -0.25) is 9.48 Å². The lowest BCUT2D eigenvalue weighted by atomic mass is 9.75. The first-order valence-electron chi connectivity index (χ1n) is 13.0. The molecule has 0 radical (unpaired) electrons. The Morgan fingerprint density at radius 1 is 1.18 bits per heavy atom. The zero-order valence-electron chi connectivity index (χ0n) is 22.0. The van der Waals surface area contributed by atoms with E-state index in [2.05, 4.69) is 56.8 Å². The predicted molar refractivity (Wildman–Crippen MR) is 148 cm³/mol. The number of aryl methyl sites for hydroxylation is 2.